The molecule has 0 bridgehead atoms. The van der Waals surface area contributed by atoms with E-state index in [1.165, 1.54) is 11.1 Å². The topological polar surface area (TPSA) is 32.3 Å². The molecule has 5 heteroatoms. The highest BCUT2D eigenvalue weighted by molar-refractivity contribution is 7.98. The van der Waals surface area contributed by atoms with Crippen molar-refractivity contribution in [3.8, 4) is 0 Å². The predicted molar refractivity (Wildman–Crippen MR) is 106 cm³/mol. The van der Waals surface area contributed by atoms with E-state index in [0.29, 0.717) is 17.1 Å². The molecule has 2 aromatic rings. The fraction of sp³-hybridized carbons (Fsp3) is 0.350. The van der Waals surface area contributed by atoms with E-state index in [4.69, 9.17) is 11.6 Å². The molecular formula is C20H23ClN2OS. The smallest absolute Gasteiger partial charge is 0.252 e. The van der Waals surface area contributed by atoms with Crippen molar-refractivity contribution in [2.24, 2.45) is 0 Å². The molecule has 0 fully saturated rings. The molecule has 132 valence electrons. The van der Waals surface area contributed by atoms with Gasteiger partial charge in [0.25, 0.3) is 5.91 Å². The first kappa shape index (κ1) is 18.3. The van der Waals surface area contributed by atoms with Crippen LogP contribution in [0.1, 0.15) is 28.4 Å². The summed E-state index contributed by atoms with van der Waals surface area (Å²) in [5.41, 5.74) is 3.38. The van der Waals surface area contributed by atoms with E-state index in [-0.39, 0.29) is 11.9 Å². The van der Waals surface area contributed by atoms with Crippen LogP contribution in [-0.4, -0.2) is 36.2 Å². The van der Waals surface area contributed by atoms with Crippen molar-refractivity contribution >= 4 is 29.3 Å². The van der Waals surface area contributed by atoms with Crippen LogP contribution >= 0.6 is 23.4 Å². The number of amides is 1. The second-order valence-corrected chi connectivity index (χ2v) is 7.68. The molecular weight excluding hydrogens is 352 g/mol. The highest BCUT2D eigenvalue weighted by Gasteiger charge is 2.21. The molecule has 0 aromatic heterocycles. The molecule has 1 aliphatic heterocycles. The largest absolute Gasteiger partial charge is 0.350 e. The molecule has 1 unspecified atom stereocenters. The molecule has 1 N–H and O–H groups in total. The van der Waals surface area contributed by atoms with Crippen LogP contribution in [0.15, 0.2) is 47.4 Å². The van der Waals surface area contributed by atoms with Crippen LogP contribution in [0, 0.1) is 0 Å². The van der Waals surface area contributed by atoms with Crippen molar-refractivity contribution in [1.82, 2.24) is 10.2 Å². The maximum Gasteiger partial charge on any atom is 0.252 e. The third-order valence-corrected chi connectivity index (χ3v) is 5.81. The average Bonchev–Trinajstić information content (AvgIpc) is 2.65. The van der Waals surface area contributed by atoms with Gasteiger partial charge in [0, 0.05) is 30.6 Å². The predicted octanol–water partition coefficient (Wildman–Crippen LogP) is 4.24. The lowest BCUT2D eigenvalue weighted by atomic mass is 9.99. The van der Waals surface area contributed by atoms with Crippen LogP contribution in [0.4, 0.5) is 0 Å². The molecule has 3 nitrogen and oxygen atoms in total. The summed E-state index contributed by atoms with van der Waals surface area (Å²) in [7, 11) is 0. The number of fused-ring (bicyclic) bond motifs is 1. The molecule has 1 heterocycles. The monoisotopic (exact) mass is 374 g/mol. The van der Waals surface area contributed by atoms with Crippen LogP contribution in [0.3, 0.4) is 0 Å². The minimum atomic E-state index is -0.106. The van der Waals surface area contributed by atoms with Crippen LogP contribution in [0.5, 0.6) is 0 Å². The van der Waals surface area contributed by atoms with Crippen molar-refractivity contribution in [2.75, 3.05) is 19.3 Å². The molecule has 0 saturated heterocycles. The van der Waals surface area contributed by atoms with E-state index in [9.17, 15) is 4.79 Å². The van der Waals surface area contributed by atoms with Gasteiger partial charge in [-0.15, -0.1) is 11.8 Å². The highest BCUT2D eigenvalue weighted by atomic mass is 35.5. The van der Waals surface area contributed by atoms with Gasteiger partial charge in [-0.05, 0) is 48.9 Å². The minimum Gasteiger partial charge on any atom is -0.350 e. The number of carbonyl (C=O) groups excluding carboxylic acids is 1. The average molecular weight is 375 g/mol. The van der Waals surface area contributed by atoms with E-state index in [1.54, 1.807) is 17.8 Å². The Labute approximate surface area is 158 Å². The Morgan fingerprint density at radius 2 is 2.04 bits per heavy atom. The Morgan fingerprint density at radius 1 is 1.28 bits per heavy atom. The zero-order chi connectivity index (χ0) is 17.8. The van der Waals surface area contributed by atoms with Crippen LogP contribution in [-0.2, 0) is 13.0 Å². The Kier molecular flexibility index (Phi) is 6.05. The minimum absolute atomic E-state index is 0.106. The number of hydrogen-bond donors (Lipinski definition) is 1. The van der Waals surface area contributed by atoms with E-state index < -0.39 is 0 Å². The van der Waals surface area contributed by atoms with Crippen molar-refractivity contribution in [2.45, 2.75) is 30.8 Å². The number of benzene rings is 2. The van der Waals surface area contributed by atoms with E-state index in [2.05, 4.69) is 41.4 Å². The van der Waals surface area contributed by atoms with Gasteiger partial charge in [-0.25, -0.2) is 0 Å². The Bertz CT molecular complexity index is 765. The molecule has 0 spiro atoms. The first-order chi connectivity index (χ1) is 12.1. The van der Waals surface area contributed by atoms with E-state index in [1.807, 2.05) is 18.4 Å². The van der Waals surface area contributed by atoms with Gasteiger partial charge in [0.2, 0.25) is 0 Å². The maximum atomic E-state index is 12.5. The molecule has 0 aliphatic carbocycles. The van der Waals surface area contributed by atoms with Gasteiger partial charge < -0.3 is 5.32 Å². The summed E-state index contributed by atoms with van der Waals surface area (Å²) in [5.74, 6) is -0.106. The molecule has 0 saturated carbocycles. The van der Waals surface area contributed by atoms with Crippen LogP contribution in [0.2, 0.25) is 5.02 Å². The first-order valence-electron chi connectivity index (χ1n) is 8.51. The normalized spacial score (nSPS) is 15.5. The Hall–Kier alpha value is -1.49. The number of carbonyl (C=O) groups is 1. The third-order valence-electron chi connectivity index (χ3n) is 4.76. The Morgan fingerprint density at radius 3 is 2.80 bits per heavy atom. The summed E-state index contributed by atoms with van der Waals surface area (Å²) in [6.07, 6.45) is 3.05. The zero-order valence-electron chi connectivity index (χ0n) is 14.6. The summed E-state index contributed by atoms with van der Waals surface area (Å²) in [5, 5.41) is 3.53. The molecule has 1 amide bonds. The van der Waals surface area contributed by atoms with Gasteiger partial charge in [0.05, 0.1) is 10.6 Å². The SMILES string of the molecule is CSc1ccc(Cl)c(C(=O)NCC(C)N2CCc3ccccc3C2)c1. The first-order valence-corrected chi connectivity index (χ1v) is 10.1. The molecule has 3 rings (SSSR count). The molecule has 1 aliphatic rings. The van der Waals surface area contributed by atoms with Gasteiger partial charge >= 0.3 is 0 Å². The standard InChI is InChI=1S/C20H23ClN2OS/c1-14(23-10-9-15-5-3-4-6-16(15)13-23)12-22-20(24)18-11-17(25-2)7-8-19(18)21/h3-8,11,14H,9-10,12-13H2,1-2H3,(H,22,24). The number of halogens is 1. The van der Waals surface area contributed by atoms with Gasteiger partial charge in [-0.2, -0.15) is 0 Å². The second-order valence-electron chi connectivity index (χ2n) is 6.39. The van der Waals surface area contributed by atoms with Crippen molar-refractivity contribution in [1.29, 1.82) is 0 Å². The van der Waals surface area contributed by atoms with Gasteiger partial charge in [0.1, 0.15) is 0 Å². The molecule has 25 heavy (non-hydrogen) atoms. The summed E-state index contributed by atoms with van der Waals surface area (Å²) in [4.78, 5) is 16.0. The lowest BCUT2D eigenvalue weighted by Crippen LogP contribution is -2.44. The lowest BCUT2D eigenvalue weighted by molar-refractivity contribution is 0.0932. The van der Waals surface area contributed by atoms with E-state index >= 15 is 0 Å². The molecule has 1 atom stereocenters. The zero-order valence-corrected chi connectivity index (χ0v) is 16.2. The number of hydrogen-bond acceptors (Lipinski definition) is 3. The maximum absolute atomic E-state index is 12.5. The van der Waals surface area contributed by atoms with Gasteiger partial charge in [-0.3, -0.25) is 9.69 Å². The van der Waals surface area contributed by atoms with Crippen molar-refractivity contribution in [3.05, 3.63) is 64.2 Å². The molecule has 2 aromatic carbocycles. The summed E-state index contributed by atoms with van der Waals surface area (Å²) < 4.78 is 0. The fourth-order valence-corrected chi connectivity index (χ4v) is 3.81. The summed E-state index contributed by atoms with van der Waals surface area (Å²) in [6.45, 7) is 4.74. The number of nitrogens with zero attached hydrogens (tertiary/aromatic N) is 1. The number of thioether (sulfide) groups is 1. The van der Waals surface area contributed by atoms with Gasteiger partial charge in [-0.1, -0.05) is 35.9 Å². The van der Waals surface area contributed by atoms with Crippen LogP contribution < -0.4 is 5.32 Å². The van der Waals surface area contributed by atoms with E-state index in [0.717, 1.165) is 24.4 Å². The fourth-order valence-electron chi connectivity index (χ4n) is 3.16. The molecule has 0 radical (unpaired) electrons. The number of nitrogens with one attached hydrogen (secondary N) is 1. The van der Waals surface area contributed by atoms with Gasteiger partial charge in [0.15, 0.2) is 0 Å². The number of rotatable bonds is 5. The lowest BCUT2D eigenvalue weighted by Gasteiger charge is -2.33. The van der Waals surface area contributed by atoms with Crippen molar-refractivity contribution in [3.63, 3.8) is 0 Å². The summed E-state index contributed by atoms with van der Waals surface area (Å²) >= 11 is 7.79. The van der Waals surface area contributed by atoms with Crippen LogP contribution in [0.25, 0.3) is 0 Å². The quantitative estimate of drug-likeness (QED) is 0.794. The third kappa shape index (κ3) is 4.38. The highest BCUT2D eigenvalue weighted by Crippen LogP contribution is 2.23. The second kappa shape index (κ2) is 8.26. The Balaban J connectivity index is 1.59. The van der Waals surface area contributed by atoms with Crippen molar-refractivity contribution < 1.29 is 4.79 Å². The summed E-state index contributed by atoms with van der Waals surface area (Å²) in [6, 6.07) is 14.4.